The lowest BCUT2D eigenvalue weighted by molar-refractivity contribution is -0.137. The number of alkyl halides is 5. The monoisotopic (exact) mass is 432 g/mol. The molecule has 3 rings (SSSR count). The molecule has 0 atom stereocenters. The van der Waals surface area contributed by atoms with Gasteiger partial charge in [0.05, 0.1) is 18.9 Å². The second-order valence-corrected chi connectivity index (χ2v) is 8.59. The summed E-state index contributed by atoms with van der Waals surface area (Å²) in [7, 11) is -4.01. The summed E-state index contributed by atoms with van der Waals surface area (Å²) in [6, 6.07) is 6.93. The van der Waals surface area contributed by atoms with E-state index in [1.807, 2.05) is 0 Å². The fraction of sp³-hybridized carbons (Fsp3) is 0.316. The minimum Gasteiger partial charge on any atom is -0.250 e. The van der Waals surface area contributed by atoms with Crippen molar-refractivity contribution >= 4 is 21.2 Å². The van der Waals surface area contributed by atoms with Crippen LogP contribution in [0.2, 0.25) is 0 Å². The maximum atomic E-state index is 13.6. The van der Waals surface area contributed by atoms with Gasteiger partial charge in [-0.15, -0.1) is 0 Å². The fourth-order valence-electron chi connectivity index (χ4n) is 3.39. The fourth-order valence-corrected chi connectivity index (χ4v) is 3.85. The van der Waals surface area contributed by atoms with Crippen LogP contribution >= 0.6 is 0 Å². The first kappa shape index (κ1) is 21.4. The summed E-state index contributed by atoms with van der Waals surface area (Å²) < 4.78 is 88.5. The van der Waals surface area contributed by atoms with Crippen LogP contribution in [0.1, 0.15) is 29.5 Å². The third-order valence-electron chi connectivity index (χ3n) is 4.97. The van der Waals surface area contributed by atoms with Gasteiger partial charge in [-0.05, 0) is 53.3 Å². The number of hydrogen-bond donors (Lipinski definition) is 1. The number of aromatic nitrogens is 1. The van der Waals surface area contributed by atoms with E-state index in [0.717, 1.165) is 12.1 Å². The quantitative estimate of drug-likeness (QED) is 0.713. The van der Waals surface area contributed by atoms with Crippen molar-refractivity contribution in [1.82, 2.24) is 4.98 Å². The van der Waals surface area contributed by atoms with Gasteiger partial charge in [0.25, 0.3) is 10.0 Å². The van der Waals surface area contributed by atoms with Crippen molar-refractivity contribution in [1.29, 1.82) is 0 Å². The molecule has 156 valence electrons. The molecule has 1 aromatic heterocycles. The Morgan fingerprint density at radius 3 is 1.86 bits per heavy atom. The van der Waals surface area contributed by atoms with Crippen LogP contribution in [0.5, 0.6) is 0 Å². The largest absolute Gasteiger partial charge is 0.416 e. The number of primary sulfonamides is 1. The average Bonchev–Trinajstić information content (AvgIpc) is 3.07. The lowest BCUT2D eigenvalue weighted by Gasteiger charge is -2.22. The Balaban J connectivity index is 2.08. The van der Waals surface area contributed by atoms with Crippen LogP contribution in [-0.2, 0) is 16.2 Å². The standard InChI is InChI=1S/C19H17F5N2O2S/c20-10-18(11-21)7-15(12-1-4-14(5-2-12)19(22,23)24)16(8-18)13-3-6-17(26-9-13)29(25,27)28/h1-6,9H,7-8,10-11H2,(H2,25,27,28). The summed E-state index contributed by atoms with van der Waals surface area (Å²) in [5.41, 5.74) is -0.301. The second kappa shape index (κ2) is 7.49. The molecule has 0 fully saturated rings. The van der Waals surface area contributed by atoms with Crippen molar-refractivity contribution in [2.24, 2.45) is 10.6 Å². The first-order chi connectivity index (χ1) is 13.5. The van der Waals surface area contributed by atoms with Crippen LogP contribution < -0.4 is 5.14 Å². The highest BCUT2D eigenvalue weighted by Gasteiger charge is 2.40. The molecule has 0 saturated carbocycles. The third-order valence-corrected chi connectivity index (χ3v) is 5.80. The highest BCUT2D eigenvalue weighted by atomic mass is 32.2. The topological polar surface area (TPSA) is 73.1 Å². The number of nitrogens with zero attached hydrogens (tertiary/aromatic N) is 1. The number of pyridine rings is 1. The van der Waals surface area contributed by atoms with Crippen LogP contribution in [0.15, 0.2) is 47.6 Å². The van der Waals surface area contributed by atoms with Crippen molar-refractivity contribution < 1.29 is 30.4 Å². The Morgan fingerprint density at radius 2 is 1.45 bits per heavy atom. The molecule has 0 spiro atoms. The molecule has 0 radical (unpaired) electrons. The van der Waals surface area contributed by atoms with Gasteiger partial charge in [-0.25, -0.2) is 18.5 Å². The molecule has 1 aliphatic rings. The van der Waals surface area contributed by atoms with Gasteiger partial charge < -0.3 is 0 Å². The third kappa shape index (κ3) is 4.32. The Kier molecular flexibility index (Phi) is 5.52. The SMILES string of the molecule is NS(=O)(=O)c1ccc(C2=C(c3ccc(C(F)(F)F)cc3)CC(CF)(CF)C2)cn1. The Bertz CT molecular complexity index is 1030. The molecule has 0 saturated heterocycles. The summed E-state index contributed by atoms with van der Waals surface area (Å²) in [4.78, 5) is 3.79. The summed E-state index contributed by atoms with van der Waals surface area (Å²) in [6.45, 7) is -1.89. The van der Waals surface area contributed by atoms with Gasteiger partial charge >= 0.3 is 6.18 Å². The number of benzene rings is 1. The summed E-state index contributed by atoms with van der Waals surface area (Å²) in [5, 5.41) is 4.66. The van der Waals surface area contributed by atoms with Crippen LogP contribution in [0.3, 0.4) is 0 Å². The van der Waals surface area contributed by atoms with Crippen LogP contribution in [0, 0.1) is 5.41 Å². The lowest BCUT2D eigenvalue weighted by Crippen LogP contribution is -2.22. The second-order valence-electron chi connectivity index (χ2n) is 7.08. The minimum absolute atomic E-state index is 0.00234. The van der Waals surface area contributed by atoms with Gasteiger partial charge in [0.15, 0.2) is 5.03 Å². The lowest BCUT2D eigenvalue weighted by atomic mass is 9.85. The smallest absolute Gasteiger partial charge is 0.250 e. The summed E-state index contributed by atoms with van der Waals surface area (Å²) in [5.74, 6) is 0. The Hall–Kier alpha value is -2.33. The van der Waals surface area contributed by atoms with Gasteiger partial charge in [0.1, 0.15) is 0 Å². The zero-order valence-electron chi connectivity index (χ0n) is 15.0. The molecule has 29 heavy (non-hydrogen) atoms. The molecule has 1 heterocycles. The van der Waals surface area contributed by atoms with Crippen molar-refractivity contribution in [3.63, 3.8) is 0 Å². The van der Waals surface area contributed by atoms with Gasteiger partial charge in [-0.3, -0.25) is 8.78 Å². The molecule has 1 aliphatic carbocycles. The van der Waals surface area contributed by atoms with E-state index in [1.54, 1.807) is 0 Å². The number of allylic oxidation sites excluding steroid dienone is 2. The normalized spacial score (nSPS) is 17.0. The predicted octanol–water partition coefficient (Wildman–Crippen LogP) is 4.38. The zero-order valence-corrected chi connectivity index (χ0v) is 15.8. The maximum Gasteiger partial charge on any atom is 0.416 e. The molecule has 0 unspecified atom stereocenters. The summed E-state index contributed by atoms with van der Waals surface area (Å²) >= 11 is 0. The van der Waals surface area contributed by atoms with Crippen molar-refractivity contribution in [2.45, 2.75) is 24.0 Å². The molecule has 0 aliphatic heterocycles. The van der Waals surface area contributed by atoms with E-state index in [-0.39, 0.29) is 17.9 Å². The molecule has 2 aromatic rings. The van der Waals surface area contributed by atoms with Crippen LogP contribution in [-0.4, -0.2) is 26.8 Å². The zero-order chi connectivity index (χ0) is 21.4. The van der Waals surface area contributed by atoms with Crippen molar-refractivity contribution in [3.8, 4) is 0 Å². The van der Waals surface area contributed by atoms with Gasteiger partial charge in [-0.1, -0.05) is 18.2 Å². The highest BCUT2D eigenvalue weighted by Crippen LogP contribution is 2.50. The number of nitrogens with two attached hydrogens (primary N) is 1. The molecule has 10 heteroatoms. The van der Waals surface area contributed by atoms with E-state index in [1.165, 1.54) is 30.5 Å². The average molecular weight is 432 g/mol. The summed E-state index contributed by atoms with van der Waals surface area (Å²) in [6.07, 6.45) is -3.27. The molecular formula is C19H17F5N2O2S. The Labute approximate surface area is 164 Å². The number of rotatable bonds is 5. The number of halogens is 5. The molecule has 0 amide bonds. The van der Waals surface area contributed by atoms with Crippen LogP contribution in [0.25, 0.3) is 11.1 Å². The number of hydrogen-bond acceptors (Lipinski definition) is 3. The van der Waals surface area contributed by atoms with Crippen LogP contribution in [0.4, 0.5) is 22.0 Å². The first-order valence-corrected chi connectivity index (χ1v) is 10.0. The van der Waals surface area contributed by atoms with Crippen molar-refractivity contribution in [2.75, 3.05) is 13.3 Å². The minimum atomic E-state index is -4.50. The Morgan fingerprint density at radius 1 is 0.931 bits per heavy atom. The van der Waals surface area contributed by atoms with E-state index in [0.29, 0.717) is 22.3 Å². The van der Waals surface area contributed by atoms with E-state index in [9.17, 15) is 30.4 Å². The number of sulfonamides is 1. The predicted molar refractivity (Wildman–Crippen MR) is 97.5 cm³/mol. The van der Waals surface area contributed by atoms with E-state index >= 15 is 0 Å². The van der Waals surface area contributed by atoms with Crippen molar-refractivity contribution in [3.05, 3.63) is 59.3 Å². The molecule has 2 N–H and O–H groups in total. The first-order valence-electron chi connectivity index (χ1n) is 8.50. The molecular weight excluding hydrogens is 415 g/mol. The van der Waals surface area contributed by atoms with E-state index in [2.05, 4.69) is 4.98 Å². The van der Waals surface area contributed by atoms with Gasteiger partial charge in [0, 0.05) is 11.6 Å². The molecule has 1 aromatic carbocycles. The van der Waals surface area contributed by atoms with Gasteiger partial charge in [0.2, 0.25) is 0 Å². The van der Waals surface area contributed by atoms with E-state index < -0.39 is 40.5 Å². The molecule has 4 nitrogen and oxygen atoms in total. The highest BCUT2D eigenvalue weighted by molar-refractivity contribution is 7.89. The maximum absolute atomic E-state index is 13.6. The molecule has 0 bridgehead atoms. The van der Waals surface area contributed by atoms with E-state index in [4.69, 9.17) is 5.14 Å². The van der Waals surface area contributed by atoms with Gasteiger partial charge in [-0.2, -0.15) is 13.2 Å².